The van der Waals surface area contributed by atoms with Crippen molar-refractivity contribution in [1.29, 1.82) is 0 Å². The van der Waals surface area contributed by atoms with Gasteiger partial charge in [-0.1, -0.05) is 54.6 Å². The molecule has 0 aliphatic carbocycles. The second-order valence-electron chi connectivity index (χ2n) is 6.43. The lowest BCUT2D eigenvalue weighted by atomic mass is 10.1. The van der Waals surface area contributed by atoms with E-state index in [0.29, 0.717) is 12.2 Å². The molecule has 0 aliphatic heterocycles. The van der Waals surface area contributed by atoms with Gasteiger partial charge in [0, 0.05) is 18.0 Å². The van der Waals surface area contributed by atoms with E-state index >= 15 is 0 Å². The number of pyridine rings is 1. The maximum atomic E-state index is 12.0. The maximum Gasteiger partial charge on any atom is 0.271 e. The van der Waals surface area contributed by atoms with E-state index in [-0.39, 0.29) is 5.91 Å². The molecule has 1 N–H and O–H groups in total. The molecule has 0 fully saturated rings. The molecule has 0 unspecified atom stereocenters. The number of ether oxygens (including phenoxy) is 1. The molecule has 5 nitrogen and oxygen atoms in total. The van der Waals surface area contributed by atoms with E-state index in [1.807, 2.05) is 42.5 Å². The van der Waals surface area contributed by atoms with Crippen LogP contribution in [-0.2, 0) is 6.61 Å². The number of nitrogens with zero attached hydrogens (tertiary/aromatic N) is 2. The van der Waals surface area contributed by atoms with E-state index in [1.165, 1.54) is 10.8 Å². The van der Waals surface area contributed by atoms with Gasteiger partial charge in [0.15, 0.2) is 0 Å². The zero-order valence-corrected chi connectivity index (χ0v) is 15.7. The Balaban J connectivity index is 1.40. The number of hydrazone groups is 1. The monoisotopic (exact) mass is 381 g/mol. The Morgan fingerprint density at radius 2 is 1.76 bits per heavy atom. The lowest BCUT2D eigenvalue weighted by Crippen LogP contribution is -2.17. The second-order valence-corrected chi connectivity index (χ2v) is 6.43. The van der Waals surface area contributed by atoms with Crippen molar-refractivity contribution in [3.8, 4) is 5.75 Å². The van der Waals surface area contributed by atoms with E-state index in [4.69, 9.17) is 4.74 Å². The van der Waals surface area contributed by atoms with E-state index in [1.54, 1.807) is 30.7 Å². The van der Waals surface area contributed by atoms with Gasteiger partial charge in [0.05, 0.1) is 6.21 Å². The predicted octanol–water partition coefficient (Wildman–Crippen LogP) is 4.58. The van der Waals surface area contributed by atoms with Crippen molar-refractivity contribution >= 4 is 22.9 Å². The highest BCUT2D eigenvalue weighted by Gasteiger charge is 2.03. The number of amides is 1. The van der Waals surface area contributed by atoms with Gasteiger partial charge in [0.25, 0.3) is 5.91 Å². The van der Waals surface area contributed by atoms with Crippen LogP contribution >= 0.6 is 0 Å². The summed E-state index contributed by atoms with van der Waals surface area (Å²) in [5, 5.41) is 6.40. The summed E-state index contributed by atoms with van der Waals surface area (Å²) in [6, 6.07) is 25.3. The summed E-state index contributed by atoms with van der Waals surface area (Å²) >= 11 is 0. The highest BCUT2D eigenvalue weighted by atomic mass is 16.5. The van der Waals surface area contributed by atoms with Crippen LogP contribution in [-0.4, -0.2) is 17.1 Å². The largest absolute Gasteiger partial charge is 0.489 e. The van der Waals surface area contributed by atoms with E-state index in [0.717, 1.165) is 16.9 Å². The molecule has 1 heterocycles. The van der Waals surface area contributed by atoms with Gasteiger partial charge >= 0.3 is 0 Å². The van der Waals surface area contributed by atoms with Crippen LogP contribution in [0.5, 0.6) is 5.75 Å². The molecule has 0 radical (unpaired) electrons. The zero-order valence-electron chi connectivity index (χ0n) is 15.7. The summed E-state index contributed by atoms with van der Waals surface area (Å²) < 4.78 is 5.98. The van der Waals surface area contributed by atoms with Crippen molar-refractivity contribution in [2.45, 2.75) is 6.61 Å². The van der Waals surface area contributed by atoms with Gasteiger partial charge in [-0.25, -0.2) is 5.43 Å². The minimum absolute atomic E-state index is 0.285. The fraction of sp³-hybridized carbons (Fsp3) is 0.0417. The minimum Gasteiger partial charge on any atom is -0.489 e. The normalized spacial score (nSPS) is 10.9. The molecule has 0 bridgehead atoms. The smallest absolute Gasteiger partial charge is 0.271 e. The summed E-state index contributed by atoms with van der Waals surface area (Å²) in [7, 11) is 0. The van der Waals surface area contributed by atoms with Gasteiger partial charge in [-0.15, -0.1) is 0 Å². The Kier molecular flexibility index (Phi) is 5.58. The molecule has 1 amide bonds. The van der Waals surface area contributed by atoms with Crippen LogP contribution in [0.4, 0.5) is 0 Å². The highest BCUT2D eigenvalue weighted by molar-refractivity contribution is 5.94. The Labute approximate surface area is 168 Å². The molecule has 4 rings (SSSR count). The van der Waals surface area contributed by atoms with E-state index in [9.17, 15) is 4.79 Å². The number of hydrogen-bond donors (Lipinski definition) is 1. The van der Waals surface area contributed by atoms with Crippen LogP contribution in [0.1, 0.15) is 21.5 Å². The number of carbonyl (C=O) groups is 1. The van der Waals surface area contributed by atoms with Crippen LogP contribution in [0.2, 0.25) is 0 Å². The molecule has 0 atom stereocenters. The third-order valence-electron chi connectivity index (χ3n) is 4.45. The summed E-state index contributed by atoms with van der Waals surface area (Å²) in [4.78, 5) is 15.9. The van der Waals surface area contributed by atoms with Crippen LogP contribution in [0.15, 0.2) is 96.4 Å². The van der Waals surface area contributed by atoms with E-state index in [2.05, 4.69) is 39.8 Å². The third-order valence-corrected chi connectivity index (χ3v) is 4.45. The summed E-state index contributed by atoms with van der Waals surface area (Å²) in [5.41, 5.74) is 4.97. The molecular formula is C24H19N3O2. The molecule has 0 saturated heterocycles. The van der Waals surface area contributed by atoms with Crippen molar-refractivity contribution in [1.82, 2.24) is 10.4 Å². The number of rotatable bonds is 6. The SMILES string of the molecule is O=C(N/N=C/c1cccc(OCc2cccc3ccccc23)c1)c1ccncc1. The quantitative estimate of drug-likeness (QED) is 0.393. The van der Waals surface area contributed by atoms with E-state index < -0.39 is 0 Å². The first-order chi connectivity index (χ1) is 14.3. The summed E-state index contributed by atoms with van der Waals surface area (Å²) in [6.07, 6.45) is 4.72. The molecule has 4 aromatic rings. The van der Waals surface area contributed by atoms with Gasteiger partial charge in [0.2, 0.25) is 0 Å². The summed E-state index contributed by atoms with van der Waals surface area (Å²) in [5.74, 6) is 0.453. The first-order valence-corrected chi connectivity index (χ1v) is 9.22. The number of carbonyl (C=O) groups excluding carboxylic acids is 1. The lowest BCUT2D eigenvalue weighted by molar-refractivity contribution is 0.0955. The lowest BCUT2D eigenvalue weighted by Gasteiger charge is -2.09. The average molecular weight is 381 g/mol. The number of benzene rings is 3. The first-order valence-electron chi connectivity index (χ1n) is 9.22. The van der Waals surface area contributed by atoms with Crippen LogP contribution < -0.4 is 10.2 Å². The topological polar surface area (TPSA) is 63.6 Å². The maximum absolute atomic E-state index is 12.0. The molecule has 29 heavy (non-hydrogen) atoms. The zero-order chi connectivity index (χ0) is 19.9. The number of fused-ring (bicyclic) bond motifs is 1. The second kappa shape index (κ2) is 8.80. The van der Waals surface area contributed by atoms with Crippen molar-refractivity contribution in [2.24, 2.45) is 5.10 Å². The van der Waals surface area contributed by atoms with Crippen molar-refractivity contribution in [3.05, 3.63) is 108 Å². The Bertz CT molecular complexity index is 1150. The van der Waals surface area contributed by atoms with Crippen molar-refractivity contribution < 1.29 is 9.53 Å². The van der Waals surface area contributed by atoms with Crippen molar-refractivity contribution in [3.63, 3.8) is 0 Å². The molecule has 0 spiro atoms. The third kappa shape index (κ3) is 4.65. The van der Waals surface area contributed by atoms with Gasteiger partial charge in [0.1, 0.15) is 12.4 Å². The average Bonchev–Trinajstić information content (AvgIpc) is 2.78. The number of nitrogens with one attached hydrogen (secondary N) is 1. The molecule has 0 saturated carbocycles. The van der Waals surface area contributed by atoms with Crippen LogP contribution in [0.3, 0.4) is 0 Å². The Hall–Kier alpha value is -3.99. The molecule has 5 heteroatoms. The standard InChI is InChI=1S/C24H19N3O2/c28-24(20-11-13-25-14-12-20)27-26-16-18-5-3-9-22(15-18)29-17-21-8-4-7-19-6-1-2-10-23(19)21/h1-16H,17H2,(H,27,28)/b26-16+. The fourth-order valence-electron chi connectivity index (χ4n) is 3.00. The molecule has 142 valence electrons. The molecule has 1 aromatic heterocycles. The van der Waals surface area contributed by atoms with Gasteiger partial charge in [-0.05, 0) is 46.2 Å². The number of aromatic nitrogens is 1. The van der Waals surface area contributed by atoms with Gasteiger partial charge in [-0.3, -0.25) is 9.78 Å². The highest BCUT2D eigenvalue weighted by Crippen LogP contribution is 2.21. The fourth-order valence-corrected chi connectivity index (χ4v) is 3.00. The van der Waals surface area contributed by atoms with Gasteiger partial charge in [-0.2, -0.15) is 5.10 Å². The van der Waals surface area contributed by atoms with Crippen molar-refractivity contribution in [2.75, 3.05) is 0 Å². The minimum atomic E-state index is -0.285. The molecule has 3 aromatic carbocycles. The Morgan fingerprint density at radius 3 is 2.66 bits per heavy atom. The van der Waals surface area contributed by atoms with Crippen LogP contribution in [0.25, 0.3) is 10.8 Å². The number of hydrogen-bond acceptors (Lipinski definition) is 4. The summed E-state index contributed by atoms with van der Waals surface area (Å²) in [6.45, 7) is 0.473. The predicted molar refractivity (Wildman–Crippen MR) is 114 cm³/mol. The first kappa shape index (κ1) is 18.4. The van der Waals surface area contributed by atoms with Gasteiger partial charge < -0.3 is 4.74 Å². The van der Waals surface area contributed by atoms with Crippen LogP contribution in [0, 0.1) is 0 Å². The Morgan fingerprint density at radius 1 is 0.966 bits per heavy atom. The molecular weight excluding hydrogens is 362 g/mol. The molecule has 0 aliphatic rings.